The molecule has 0 bridgehead atoms. The predicted molar refractivity (Wildman–Crippen MR) is 63.3 cm³/mol. The lowest BCUT2D eigenvalue weighted by molar-refractivity contribution is 0.149. The number of aromatic hydroxyl groups is 2. The van der Waals surface area contributed by atoms with Crippen molar-refractivity contribution in [3.63, 3.8) is 0 Å². The highest BCUT2D eigenvalue weighted by Crippen LogP contribution is 2.27. The molecule has 96 valence electrons. The maximum absolute atomic E-state index is 9.37. The van der Waals surface area contributed by atoms with Crippen molar-refractivity contribution in [2.75, 3.05) is 13.2 Å². The van der Waals surface area contributed by atoms with Gasteiger partial charge in [-0.2, -0.15) is 4.98 Å². The van der Waals surface area contributed by atoms with E-state index in [0.29, 0.717) is 31.0 Å². The zero-order valence-corrected chi connectivity index (χ0v) is 9.96. The van der Waals surface area contributed by atoms with Crippen LogP contribution in [0.4, 0.5) is 0 Å². The highest BCUT2D eigenvalue weighted by atomic mass is 16.5. The molecule has 0 unspecified atom stereocenters. The van der Waals surface area contributed by atoms with E-state index in [-0.39, 0.29) is 17.4 Å². The number of benzene rings is 1. The molecule has 18 heavy (non-hydrogen) atoms. The first kappa shape index (κ1) is 12.4. The highest BCUT2D eigenvalue weighted by Gasteiger charge is 2.10. The molecule has 0 fully saturated rings. The van der Waals surface area contributed by atoms with Gasteiger partial charge in [-0.15, -0.1) is 0 Å². The van der Waals surface area contributed by atoms with E-state index < -0.39 is 0 Å². The molecule has 0 aliphatic rings. The van der Waals surface area contributed by atoms with Crippen LogP contribution >= 0.6 is 0 Å². The lowest BCUT2D eigenvalue weighted by atomic mass is 10.2. The highest BCUT2D eigenvalue weighted by molar-refractivity contribution is 5.58. The van der Waals surface area contributed by atoms with Crippen molar-refractivity contribution >= 4 is 0 Å². The molecule has 0 aliphatic heterocycles. The van der Waals surface area contributed by atoms with Gasteiger partial charge in [0.1, 0.15) is 11.5 Å². The summed E-state index contributed by atoms with van der Waals surface area (Å²) in [4.78, 5) is 4.15. The van der Waals surface area contributed by atoms with E-state index in [4.69, 9.17) is 9.26 Å². The Bertz CT molecular complexity index is 504. The van der Waals surface area contributed by atoms with Gasteiger partial charge >= 0.3 is 0 Å². The van der Waals surface area contributed by atoms with Crippen LogP contribution in [0.3, 0.4) is 0 Å². The van der Waals surface area contributed by atoms with Crippen LogP contribution in [0.1, 0.15) is 12.7 Å². The molecule has 6 heteroatoms. The third-order valence-corrected chi connectivity index (χ3v) is 2.29. The van der Waals surface area contributed by atoms with Gasteiger partial charge in [0.05, 0.1) is 6.61 Å². The number of ether oxygens (including phenoxy) is 1. The molecular formula is C12H14N2O4. The Kier molecular flexibility index (Phi) is 3.78. The van der Waals surface area contributed by atoms with E-state index in [9.17, 15) is 10.2 Å². The maximum atomic E-state index is 9.37. The summed E-state index contributed by atoms with van der Waals surface area (Å²) in [6.45, 7) is 3.09. The molecule has 1 aromatic carbocycles. The van der Waals surface area contributed by atoms with E-state index >= 15 is 0 Å². The second-order valence-corrected chi connectivity index (χ2v) is 3.70. The number of phenolic OH excluding ortho intramolecular Hbond substituents is 2. The predicted octanol–water partition coefficient (Wildman–Crippen LogP) is 1.73. The van der Waals surface area contributed by atoms with Crippen molar-refractivity contribution in [2.45, 2.75) is 13.3 Å². The zero-order chi connectivity index (χ0) is 13.0. The Morgan fingerprint density at radius 1 is 1.22 bits per heavy atom. The molecule has 1 heterocycles. The molecule has 0 aliphatic carbocycles. The third kappa shape index (κ3) is 2.98. The van der Waals surface area contributed by atoms with Gasteiger partial charge in [0, 0.05) is 24.7 Å². The first-order chi connectivity index (χ1) is 8.69. The van der Waals surface area contributed by atoms with E-state index in [1.54, 1.807) is 0 Å². The number of hydrogen-bond donors (Lipinski definition) is 2. The van der Waals surface area contributed by atoms with Crippen LogP contribution in [0.5, 0.6) is 11.5 Å². The monoisotopic (exact) mass is 250 g/mol. The lowest BCUT2D eigenvalue weighted by Crippen LogP contribution is -1.99. The summed E-state index contributed by atoms with van der Waals surface area (Å²) < 4.78 is 10.2. The van der Waals surface area contributed by atoms with Gasteiger partial charge in [-0.25, -0.2) is 0 Å². The fourth-order valence-corrected chi connectivity index (χ4v) is 1.50. The number of rotatable bonds is 5. The van der Waals surface area contributed by atoms with Crippen LogP contribution in [0.15, 0.2) is 22.7 Å². The lowest BCUT2D eigenvalue weighted by Gasteiger charge is -1.98. The summed E-state index contributed by atoms with van der Waals surface area (Å²) in [7, 11) is 0. The number of hydrogen-bond acceptors (Lipinski definition) is 6. The maximum Gasteiger partial charge on any atom is 0.258 e. The van der Waals surface area contributed by atoms with Crippen molar-refractivity contribution in [3.05, 3.63) is 24.0 Å². The van der Waals surface area contributed by atoms with Gasteiger partial charge in [-0.3, -0.25) is 0 Å². The second kappa shape index (κ2) is 5.50. The molecule has 0 atom stereocenters. The Morgan fingerprint density at radius 3 is 2.61 bits per heavy atom. The molecule has 0 amide bonds. The quantitative estimate of drug-likeness (QED) is 0.785. The van der Waals surface area contributed by atoms with Crippen molar-refractivity contribution in [2.24, 2.45) is 0 Å². The van der Waals surface area contributed by atoms with Crippen molar-refractivity contribution in [1.82, 2.24) is 10.1 Å². The van der Waals surface area contributed by atoms with Crippen molar-refractivity contribution < 1.29 is 19.5 Å². The van der Waals surface area contributed by atoms with Gasteiger partial charge < -0.3 is 19.5 Å². The largest absolute Gasteiger partial charge is 0.508 e. The molecular weight excluding hydrogens is 236 g/mol. The Morgan fingerprint density at radius 2 is 1.94 bits per heavy atom. The minimum Gasteiger partial charge on any atom is -0.508 e. The summed E-state index contributed by atoms with van der Waals surface area (Å²) in [6.07, 6.45) is 0.558. The van der Waals surface area contributed by atoms with E-state index in [1.807, 2.05) is 6.92 Å². The van der Waals surface area contributed by atoms with Crippen LogP contribution in [0, 0.1) is 0 Å². The Labute approximate surface area is 104 Å². The Balaban J connectivity index is 2.13. The zero-order valence-electron chi connectivity index (χ0n) is 9.96. The summed E-state index contributed by atoms with van der Waals surface area (Å²) >= 11 is 0. The first-order valence-corrected chi connectivity index (χ1v) is 5.62. The van der Waals surface area contributed by atoms with Crippen LogP contribution in [0.2, 0.25) is 0 Å². The smallest absolute Gasteiger partial charge is 0.258 e. The molecule has 6 nitrogen and oxygen atoms in total. The molecule has 2 N–H and O–H groups in total. The topological polar surface area (TPSA) is 88.6 Å². The fourth-order valence-electron chi connectivity index (χ4n) is 1.50. The summed E-state index contributed by atoms with van der Waals surface area (Å²) in [6, 6.07) is 4.12. The van der Waals surface area contributed by atoms with Crippen LogP contribution in [-0.4, -0.2) is 33.6 Å². The standard InChI is InChI=1S/C12H14N2O4/c1-2-17-4-3-11-13-12(18-14-11)8-5-9(15)7-10(16)6-8/h5-7,15-16H,2-4H2,1H3. The van der Waals surface area contributed by atoms with Crippen LogP contribution in [0.25, 0.3) is 11.5 Å². The SMILES string of the molecule is CCOCCc1noc(-c2cc(O)cc(O)c2)n1. The first-order valence-electron chi connectivity index (χ1n) is 5.62. The number of phenols is 2. The average Bonchev–Trinajstić information content (AvgIpc) is 2.77. The normalized spacial score (nSPS) is 10.7. The molecule has 2 rings (SSSR count). The van der Waals surface area contributed by atoms with E-state index in [2.05, 4.69) is 10.1 Å². The van der Waals surface area contributed by atoms with Crippen LogP contribution in [-0.2, 0) is 11.2 Å². The molecule has 0 radical (unpaired) electrons. The van der Waals surface area contributed by atoms with E-state index in [0.717, 1.165) is 0 Å². The van der Waals surface area contributed by atoms with Gasteiger partial charge in [-0.05, 0) is 19.1 Å². The number of nitrogens with zero attached hydrogens (tertiary/aromatic N) is 2. The average molecular weight is 250 g/mol. The van der Waals surface area contributed by atoms with Crippen molar-refractivity contribution in [3.8, 4) is 23.0 Å². The fraction of sp³-hybridized carbons (Fsp3) is 0.333. The summed E-state index contributed by atoms with van der Waals surface area (Å²) in [5, 5.41) is 22.5. The van der Waals surface area contributed by atoms with Gasteiger partial charge in [-0.1, -0.05) is 5.16 Å². The molecule has 0 saturated carbocycles. The summed E-state index contributed by atoms with van der Waals surface area (Å²) in [5.41, 5.74) is 0.475. The molecule has 2 aromatic rings. The van der Waals surface area contributed by atoms with E-state index in [1.165, 1.54) is 18.2 Å². The van der Waals surface area contributed by atoms with Gasteiger partial charge in [0.2, 0.25) is 0 Å². The molecule has 1 aromatic heterocycles. The van der Waals surface area contributed by atoms with Crippen LogP contribution < -0.4 is 0 Å². The number of aromatic nitrogens is 2. The third-order valence-electron chi connectivity index (χ3n) is 2.29. The summed E-state index contributed by atoms with van der Waals surface area (Å²) in [5.74, 6) is 0.673. The van der Waals surface area contributed by atoms with Gasteiger partial charge in [0.15, 0.2) is 5.82 Å². The van der Waals surface area contributed by atoms with Crippen molar-refractivity contribution in [1.29, 1.82) is 0 Å². The molecule has 0 saturated heterocycles. The van der Waals surface area contributed by atoms with Gasteiger partial charge in [0.25, 0.3) is 5.89 Å². The molecule has 0 spiro atoms. The minimum atomic E-state index is -0.0564. The minimum absolute atomic E-state index is 0.0564. The second-order valence-electron chi connectivity index (χ2n) is 3.70. The Hall–Kier alpha value is -2.08.